The van der Waals surface area contributed by atoms with Crippen LogP contribution < -0.4 is 10.9 Å². The average molecular weight is 454 g/mol. The molecule has 6 nitrogen and oxygen atoms in total. The molecule has 172 valence electrons. The van der Waals surface area contributed by atoms with Gasteiger partial charge in [-0.2, -0.15) is 0 Å². The van der Waals surface area contributed by atoms with E-state index < -0.39 is 0 Å². The Morgan fingerprint density at radius 3 is 2.71 bits per heavy atom. The fraction of sp³-hybridized carbons (Fsp3) is 0.250. The summed E-state index contributed by atoms with van der Waals surface area (Å²) in [6.07, 6.45) is 2.70. The minimum Gasteiger partial charge on any atom is -0.462 e. The predicted octanol–water partition coefficient (Wildman–Crippen LogP) is 5.60. The van der Waals surface area contributed by atoms with Crippen molar-refractivity contribution >= 4 is 49.9 Å². The molecule has 0 aliphatic carbocycles. The highest BCUT2D eigenvalue weighted by molar-refractivity contribution is 6.18. The van der Waals surface area contributed by atoms with Gasteiger partial charge in [0.2, 0.25) is 0 Å². The number of nitrogens with one attached hydrogen (secondary N) is 1. The quantitative estimate of drug-likeness (QED) is 0.188. The molecule has 0 fully saturated rings. The SMILES string of the molecule is C=C(C)C(=O)OCCCCCNc1ccc2c3c1cccc3c(=O)n1c3ccc(C)cc3nc21. The molecule has 5 aromatic rings. The first-order valence-electron chi connectivity index (χ1n) is 11.6. The standard InChI is InChI=1S/C28H27N3O3/c1-17(2)28(33)34-15-6-4-5-14-29-22-12-11-20-25-19(22)8-7-9-21(25)27(32)31-24-13-10-18(3)16-23(24)30-26(20)31/h7-13,16,29H,1,4-6,14-15H2,2-3H3. The van der Waals surface area contributed by atoms with Crippen LogP contribution in [0.4, 0.5) is 5.69 Å². The molecule has 0 saturated heterocycles. The summed E-state index contributed by atoms with van der Waals surface area (Å²) < 4.78 is 6.88. The van der Waals surface area contributed by atoms with Crippen LogP contribution in [0.15, 0.2) is 65.5 Å². The lowest BCUT2D eigenvalue weighted by atomic mass is 10.0. The van der Waals surface area contributed by atoms with Crippen molar-refractivity contribution in [3.63, 3.8) is 0 Å². The Labute approximate surface area is 197 Å². The van der Waals surface area contributed by atoms with Gasteiger partial charge in [0.05, 0.1) is 17.6 Å². The zero-order valence-corrected chi connectivity index (χ0v) is 19.5. The van der Waals surface area contributed by atoms with E-state index >= 15 is 0 Å². The lowest BCUT2D eigenvalue weighted by Crippen LogP contribution is -2.13. The maximum atomic E-state index is 13.5. The number of hydrogen-bond acceptors (Lipinski definition) is 5. The van der Waals surface area contributed by atoms with Crippen LogP contribution in [0.2, 0.25) is 0 Å². The molecular weight excluding hydrogens is 426 g/mol. The minimum atomic E-state index is -0.333. The fourth-order valence-electron chi connectivity index (χ4n) is 4.54. The number of unbranched alkanes of at least 4 members (excludes halogenated alkanes) is 2. The molecule has 0 unspecified atom stereocenters. The van der Waals surface area contributed by atoms with Crippen LogP contribution >= 0.6 is 0 Å². The molecule has 0 bridgehead atoms. The number of anilines is 1. The highest BCUT2D eigenvalue weighted by atomic mass is 16.5. The summed E-state index contributed by atoms with van der Waals surface area (Å²) in [6, 6.07) is 16.0. The first-order chi connectivity index (χ1) is 16.5. The maximum Gasteiger partial charge on any atom is 0.333 e. The Morgan fingerprint density at radius 2 is 1.88 bits per heavy atom. The first-order valence-corrected chi connectivity index (χ1v) is 11.6. The molecule has 0 radical (unpaired) electrons. The monoisotopic (exact) mass is 453 g/mol. The van der Waals surface area contributed by atoms with E-state index in [0.717, 1.165) is 64.3 Å². The number of nitrogens with zero attached hydrogens (tertiary/aromatic N) is 2. The maximum absolute atomic E-state index is 13.5. The Bertz CT molecular complexity index is 1620. The van der Waals surface area contributed by atoms with Crippen molar-refractivity contribution in [1.29, 1.82) is 0 Å². The number of esters is 1. The fourth-order valence-corrected chi connectivity index (χ4v) is 4.54. The van der Waals surface area contributed by atoms with Crippen LogP contribution in [0.5, 0.6) is 0 Å². The van der Waals surface area contributed by atoms with E-state index in [4.69, 9.17) is 9.72 Å². The van der Waals surface area contributed by atoms with Crippen molar-refractivity contribution in [2.75, 3.05) is 18.5 Å². The molecule has 0 atom stereocenters. The Balaban J connectivity index is 1.41. The van der Waals surface area contributed by atoms with Crippen molar-refractivity contribution in [1.82, 2.24) is 9.38 Å². The third-order valence-corrected chi connectivity index (χ3v) is 6.24. The van der Waals surface area contributed by atoms with E-state index in [1.807, 2.05) is 37.3 Å². The number of imidazole rings is 1. The average Bonchev–Trinajstić information content (AvgIpc) is 3.20. The molecule has 3 aromatic carbocycles. The second-order valence-electron chi connectivity index (χ2n) is 8.86. The summed E-state index contributed by atoms with van der Waals surface area (Å²) in [5.74, 6) is -0.333. The molecule has 1 N–H and O–H groups in total. The highest BCUT2D eigenvalue weighted by Gasteiger charge is 2.17. The number of fused-ring (bicyclic) bond motifs is 4. The van der Waals surface area contributed by atoms with Gasteiger partial charge in [0, 0.05) is 39.4 Å². The Kier molecular flexibility index (Phi) is 5.65. The molecule has 0 aliphatic heterocycles. The van der Waals surface area contributed by atoms with Crippen LogP contribution in [0, 0.1) is 6.92 Å². The van der Waals surface area contributed by atoms with Gasteiger partial charge in [0.1, 0.15) is 5.65 Å². The van der Waals surface area contributed by atoms with Crippen molar-refractivity contribution in [3.8, 4) is 0 Å². The first kappa shape index (κ1) is 21.9. The van der Waals surface area contributed by atoms with E-state index in [1.54, 1.807) is 11.3 Å². The lowest BCUT2D eigenvalue weighted by Gasteiger charge is -2.13. The molecule has 0 amide bonds. The van der Waals surface area contributed by atoms with Gasteiger partial charge in [-0.25, -0.2) is 9.78 Å². The van der Waals surface area contributed by atoms with Gasteiger partial charge in [-0.1, -0.05) is 24.8 Å². The lowest BCUT2D eigenvalue weighted by molar-refractivity contribution is -0.139. The zero-order valence-electron chi connectivity index (χ0n) is 19.5. The summed E-state index contributed by atoms with van der Waals surface area (Å²) in [5, 5.41) is 7.16. The molecule has 2 aromatic heterocycles. The minimum absolute atomic E-state index is 0.0408. The molecule has 34 heavy (non-hydrogen) atoms. The number of benzene rings is 3. The second kappa shape index (κ2) is 8.78. The normalized spacial score (nSPS) is 11.6. The van der Waals surface area contributed by atoms with Crippen LogP contribution in [0.3, 0.4) is 0 Å². The largest absolute Gasteiger partial charge is 0.462 e. The summed E-state index contributed by atoms with van der Waals surface area (Å²) in [4.78, 5) is 29.7. The topological polar surface area (TPSA) is 72.7 Å². The molecule has 6 heteroatoms. The van der Waals surface area contributed by atoms with E-state index in [1.165, 1.54) is 0 Å². The van der Waals surface area contributed by atoms with Gasteiger partial charge >= 0.3 is 5.97 Å². The number of ether oxygens (including phenoxy) is 1. The van der Waals surface area contributed by atoms with Gasteiger partial charge in [0.25, 0.3) is 5.56 Å². The van der Waals surface area contributed by atoms with Crippen LogP contribution in [-0.4, -0.2) is 28.5 Å². The molecule has 0 saturated carbocycles. The van der Waals surface area contributed by atoms with Crippen molar-refractivity contribution in [3.05, 3.63) is 76.6 Å². The number of pyridine rings is 1. The molecular formula is C28H27N3O3. The van der Waals surface area contributed by atoms with Crippen LogP contribution in [0.1, 0.15) is 31.7 Å². The Morgan fingerprint density at radius 1 is 1.06 bits per heavy atom. The van der Waals surface area contributed by atoms with Gasteiger partial charge in [0.15, 0.2) is 0 Å². The summed E-state index contributed by atoms with van der Waals surface area (Å²) in [5.41, 5.74) is 4.87. The predicted molar refractivity (Wildman–Crippen MR) is 138 cm³/mol. The summed E-state index contributed by atoms with van der Waals surface area (Å²) in [7, 11) is 0. The van der Waals surface area contributed by atoms with Crippen molar-refractivity contribution < 1.29 is 9.53 Å². The number of aryl methyl sites for hydroxylation is 1. The summed E-state index contributed by atoms with van der Waals surface area (Å²) >= 11 is 0. The smallest absolute Gasteiger partial charge is 0.333 e. The number of carbonyl (C=O) groups is 1. The van der Waals surface area contributed by atoms with Gasteiger partial charge in [-0.05, 0) is 69.0 Å². The van der Waals surface area contributed by atoms with Crippen molar-refractivity contribution in [2.45, 2.75) is 33.1 Å². The molecule has 5 rings (SSSR count). The van der Waals surface area contributed by atoms with Gasteiger partial charge in [-0.3, -0.25) is 9.20 Å². The molecule has 2 heterocycles. The van der Waals surface area contributed by atoms with Crippen LogP contribution in [-0.2, 0) is 9.53 Å². The van der Waals surface area contributed by atoms with E-state index in [0.29, 0.717) is 23.2 Å². The van der Waals surface area contributed by atoms with E-state index in [9.17, 15) is 9.59 Å². The molecule has 0 aliphatic rings. The Hall–Kier alpha value is -3.93. The molecule has 0 spiro atoms. The number of carbonyl (C=O) groups excluding carboxylic acids is 1. The third kappa shape index (κ3) is 3.75. The van der Waals surface area contributed by atoms with E-state index in [2.05, 4.69) is 30.1 Å². The van der Waals surface area contributed by atoms with E-state index in [-0.39, 0.29) is 11.5 Å². The second-order valence-corrected chi connectivity index (χ2v) is 8.86. The number of hydrogen-bond donors (Lipinski definition) is 1. The highest BCUT2D eigenvalue weighted by Crippen LogP contribution is 2.34. The van der Waals surface area contributed by atoms with Gasteiger partial charge < -0.3 is 10.1 Å². The van der Waals surface area contributed by atoms with Crippen LogP contribution in [0.25, 0.3) is 38.2 Å². The number of aromatic nitrogens is 2. The summed E-state index contributed by atoms with van der Waals surface area (Å²) in [6.45, 7) is 8.47. The van der Waals surface area contributed by atoms with Crippen molar-refractivity contribution in [2.24, 2.45) is 0 Å². The number of rotatable bonds is 8. The third-order valence-electron chi connectivity index (χ3n) is 6.24. The zero-order chi connectivity index (χ0) is 23.8. The van der Waals surface area contributed by atoms with Gasteiger partial charge in [-0.15, -0.1) is 0 Å².